The van der Waals surface area contributed by atoms with Crippen molar-refractivity contribution >= 4 is 39.7 Å². The number of nitrogens with two attached hydrogens (primary N) is 1. The first-order valence-electron chi connectivity index (χ1n) is 18.3. The minimum absolute atomic E-state index is 0.130. The van der Waals surface area contributed by atoms with Gasteiger partial charge in [0.15, 0.2) is 0 Å². The van der Waals surface area contributed by atoms with Crippen molar-refractivity contribution in [3.8, 4) is 22.5 Å². The Hall–Kier alpha value is -5.38. The van der Waals surface area contributed by atoms with E-state index in [1.165, 1.54) is 14.2 Å². The van der Waals surface area contributed by atoms with Crippen molar-refractivity contribution < 1.29 is 28.6 Å². The van der Waals surface area contributed by atoms with E-state index < -0.39 is 24.3 Å². The molecule has 54 heavy (non-hydrogen) atoms. The van der Waals surface area contributed by atoms with Crippen LogP contribution in [-0.2, 0) is 23.8 Å². The Balaban J connectivity index is 1.08. The summed E-state index contributed by atoms with van der Waals surface area (Å²) in [4.78, 5) is 63.7. The van der Waals surface area contributed by atoms with Gasteiger partial charge in [0.1, 0.15) is 23.7 Å². The van der Waals surface area contributed by atoms with Crippen LogP contribution in [-0.4, -0.2) is 111 Å². The van der Waals surface area contributed by atoms with E-state index in [0.717, 1.165) is 75.8 Å². The van der Waals surface area contributed by atoms with E-state index in [9.17, 15) is 14.4 Å². The standard InChI is InChI=1S/C39H47N9O6/c1-21(52-3)33(40)37(49)47-14-6-8-31(47)35-42-20-30(45-35)24-11-10-23-17-28(41-19-26(23)16-24)25-12-13-27-29(18-25)44-36(43-27)32-9-7-15-48(32)38(50)34(22(2)53-4)46-39(51)54-5/h10-13,16-22,31-34H,6-9,14-15,40H2,1-5H3,(H,42,45)(H,43,44)(H,46,51)/t21-,22-,31+,32+,33+,34+/m1/s1. The maximum atomic E-state index is 13.7. The molecule has 0 aliphatic carbocycles. The number of benzene rings is 2. The molecular weight excluding hydrogens is 690 g/mol. The Morgan fingerprint density at radius 1 is 0.815 bits per heavy atom. The average Bonchev–Trinajstić information content (AvgIpc) is 4.04. The number of carbonyl (C=O) groups excluding carboxylic acids is 3. The number of nitrogens with zero attached hydrogens (tertiary/aromatic N) is 5. The molecule has 3 aromatic heterocycles. The average molecular weight is 738 g/mol. The SMILES string of the molecule is COC(=O)N[C@H](C(=O)N1CCC[C@H]1c1nc2ccc(-c3cc4ccc(-c5cnc([C@@H]6CCCN6C(=O)[C@@H](N)[C@@H](C)OC)[nH]5)cc4cn3)cc2[nH]1)[C@@H](C)OC. The van der Waals surface area contributed by atoms with E-state index in [4.69, 9.17) is 29.9 Å². The number of aromatic nitrogens is 5. The van der Waals surface area contributed by atoms with Gasteiger partial charge in [-0.25, -0.2) is 14.8 Å². The third-order valence-corrected chi connectivity index (χ3v) is 10.9. The van der Waals surface area contributed by atoms with Gasteiger partial charge in [0, 0.05) is 50.0 Å². The van der Waals surface area contributed by atoms with Crippen molar-refractivity contribution in [3.05, 3.63) is 66.5 Å². The molecule has 0 radical (unpaired) electrons. The van der Waals surface area contributed by atoms with Crippen LogP contribution in [0.2, 0.25) is 0 Å². The van der Waals surface area contributed by atoms with E-state index in [0.29, 0.717) is 18.9 Å². The minimum Gasteiger partial charge on any atom is -0.453 e. The normalized spacial score (nSPS) is 19.6. The highest BCUT2D eigenvalue weighted by Crippen LogP contribution is 2.35. The van der Waals surface area contributed by atoms with Crippen molar-refractivity contribution in [1.29, 1.82) is 0 Å². The summed E-state index contributed by atoms with van der Waals surface area (Å²) in [6.45, 7) is 4.71. The van der Waals surface area contributed by atoms with Crippen LogP contribution in [0.5, 0.6) is 0 Å². The zero-order chi connectivity index (χ0) is 38.1. The van der Waals surface area contributed by atoms with Crippen molar-refractivity contribution in [2.45, 2.75) is 75.9 Å². The number of hydrogen-bond acceptors (Lipinski definition) is 10. The number of fused-ring (bicyclic) bond motifs is 2. The lowest BCUT2D eigenvalue weighted by Gasteiger charge is -2.30. The Morgan fingerprint density at radius 2 is 1.52 bits per heavy atom. The van der Waals surface area contributed by atoms with Gasteiger partial charge in [-0.1, -0.05) is 18.2 Å². The fourth-order valence-electron chi connectivity index (χ4n) is 7.52. The molecule has 5 aromatic rings. The monoisotopic (exact) mass is 737 g/mol. The van der Waals surface area contributed by atoms with Gasteiger partial charge < -0.3 is 45.0 Å². The van der Waals surface area contributed by atoms with Gasteiger partial charge in [-0.2, -0.15) is 0 Å². The summed E-state index contributed by atoms with van der Waals surface area (Å²) in [6.07, 6.45) is 5.28. The number of alkyl carbamates (subject to hydrolysis) is 1. The van der Waals surface area contributed by atoms with Crippen LogP contribution < -0.4 is 11.1 Å². The fourth-order valence-corrected chi connectivity index (χ4v) is 7.52. The first-order valence-corrected chi connectivity index (χ1v) is 18.3. The summed E-state index contributed by atoms with van der Waals surface area (Å²) in [6, 6.07) is 12.2. The zero-order valence-electron chi connectivity index (χ0n) is 31.2. The molecule has 7 rings (SSSR count). The van der Waals surface area contributed by atoms with Gasteiger partial charge in [-0.15, -0.1) is 0 Å². The number of imidazole rings is 2. The van der Waals surface area contributed by atoms with E-state index in [2.05, 4.69) is 44.5 Å². The lowest BCUT2D eigenvalue weighted by Crippen LogP contribution is -2.54. The Bertz CT molecular complexity index is 2170. The van der Waals surface area contributed by atoms with Crippen LogP contribution in [0.1, 0.15) is 63.3 Å². The Labute approximate surface area is 313 Å². The highest BCUT2D eigenvalue weighted by Gasteiger charge is 2.39. The topological polar surface area (TPSA) is 194 Å². The number of pyridine rings is 1. The molecule has 0 unspecified atom stereocenters. The molecule has 2 saturated heterocycles. The highest BCUT2D eigenvalue weighted by atomic mass is 16.5. The molecule has 6 atom stereocenters. The molecule has 284 valence electrons. The summed E-state index contributed by atoms with van der Waals surface area (Å²) in [7, 11) is 4.32. The number of ether oxygens (including phenoxy) is 3. The van der Waals surface area contributed by atoms with Gasteiger partial charge in [0.2, 0.25) is 11.8 Å². The number of aromatic amines is 2. The van der Waals surface area contributed by atoms with Crippen LogP contribution in [0.15, 0.2) is 54.9 Å². The van der Waals surface area contributed by atoms with Gasteiger partial charge in [0.05, 0.1) is 60.0 Å². The van der Waals surface area contributed by atoms with Crippen LogP contribution in [0.3, 0.4) is 0 Å². The summed E-state index contributed by atoms with van der Waals surface area (Å²) in [5.74, 6) is 1.05. The predicted molar refractivity (Wildman–Crippen MR) is 202 cm³/mol. The van der Waals surface area contributed by atoms with E-state index >= 15 is 0 Å². The second kappa shape index (κ2) is 15.5. The molecule has 2 fully saturated rings. The summed E-state index contributed by atoms with van der Waals surface area (Å²) < 4.78 is 15.5. The van der Waals surface area contributed by atoms with Gasteiger partial charge in [-0.05, 0) is 69.2 Å². The first kappa shape index (κ1) is 37.0. The number of rotatable bonds is 11. The number of hydrogen-bond donors (Lipinski definition) is 4. The quantitative estimate of drug-likeness (QED) is 0.149. The van der Waals surface area contributed by atoms with Gasteiger partial charge in [0.25, 0.3) is 0 Å². The number of methoxy groups -OCH3 is 3. The molecule has 5 N–H and O–H groups in total. The van der Waals surface area contributed by atoms with Crippen molar-refractivity contribution in [2.24, 2.45) is 5.73 Å². The lowest BCUT2D eigenvalue weighted by molar-refractivity contribution is -0.138. The lowest BCUT2D eigenvalue weighted by atomic mass is 10.0. The molecule has 0 bridgehead atoms. The van der Waals surface area contributed by atoms with Crippen molar-refractivity contribution in [3.63, 3.8) is 0 Å². The van der Waals surface area contributed by atoms with Crippen LogP contribution in [0, 0.1) is 0 Å². The molecule has 2 aromatic carbocycles. The molecular formula is C39H47N9O6. The van der Waals surface area contributed by atoms with Crippen molar-refractivity contribution in [1.82, 2.24) is 40.0 Å². The number of nitrogens with one attached hydrogen (secondary N) is 3. The molecule has 15 nitrogen and oxygen atoms in total. The Morgan fingerprint density at radius 3 is 2.24 bits per heavy atom. The number of H-pyrrole nitrogens is 2. The smallest absolute Gasteiger partial charge is 0.407 e. The number of likely N-dealkylation sites (tertiary alicyclic amines) is 2. The third kappa shape index (κ3) is 7.13. The van der Waals surface area contributed by atoms with Gasteiger partial charge in [-0.3, -0.25) is 14.6 Å². The second-order valence-electron chi connectivity index (χ2n) is 14.1. The van der Waals surface area contributed by atoms with Crippen LogP contribution in [0.25, 0.3) is 44.3 Å². The molecule has 3 amide bonds. The second-order valence-corrected chi connectivity index (χ2v) is 14.1. The molecule has 5 heterocycles. The zero-order valence-corrected chi connectivity index (χ0v) is 31.2. The molecule has 2 aliphatic heterocycles. The van der Waals surface area contributed by atoms with E-state index in [1.54, 1.807) is 25.9 Å². The molecule has 0 spiro atoms. The van der Waals surface area contributed by atoms with Crippen LogP contribution >= 0.6 is 0 Å². The largest absolute Gasteiger partial charge is 0.453 e. The maximum Gasteiger partial charge on any atom is 0.407 e. The Kier molecular flexibility index (Phi) is 10.6. The van der Waals surface area contributed by atoms with Gasteiger partial charge >= 0.3 is 6.09 Å². The highest BCUT2D eigenvalue weighted by molar-refractivity contribution is 5.90. The summed E-state index contributed by atoms with van der Waals surface area (Å²) in [5, 5.41) is 4.63. The molecule has 2 aliphatic rings. The van der Waals surface area contributed by atoms with Crippen molar-refractivity contribution in [2.75, 3.05) is 34.4 Å². The minimum atomic E-state index is -0.902. The number of carbonyl (C=O) groups is 3. The number of amides is 3. The molecule has 0 saturated carbocycles. The third-order valence-electron chi connectivity index (χ3n) is 10.9. The summed E-state index contributed by atoms with van der Waals surface area (Å²) in [5.41, 5.74) is 11.4. The molecule has 15 heteroatoms. The van der Waals surface area contributed by atoms with E-state index in [-0.39, 0.29) is 30.0 Å². The maximum absolute atomic E-state index is 13.7. The fraction of sp³-hybridized carbons (Fsp3) is 0.436. The van der Waals surface area contributed by atoms with Crippen LogP contribution in [0.4, 0.5) is 4.79 Å². The first-order chi connectivity index (χ1) is 26.1. The summed E-state index contributed by atoms with van der Waals surface area (Å²) >= 11 is 0. The predicted octanol–water partition coefficient (Wildman–Crippen LogP) is 4.62. The van der Waals surface area contributed by atoms with E-state index in [1.807, 2.05) is 35.5 Å².